The van der Waals surface area contributed by atoms with E-state index in [9.17, 15) is 0 Å². The van der Waals surface area contributed by atoms with Gasteiger partial charge >= 0.3 is 0 Å². The van der Waals surface area contributed by atoms with E-state index in [1.807, 2.05) is 0 Å². The maximum absolute atomic E-state index is 3.50. The first-order valence-electron chi connectivity index (χ1n) is 11.1. The molecule has 2 aliphatic carbocycles. The molecule has 2 unspecified atom stereocenters. The van der Waals surface area contributed by atoms with Crippen LogP contribution in [0.5, 0.6) is 0 Å². The Hall–Kier alpha value is -0.160. The topological polar surface area (TPSA) is 21.8 Å². The fraction of sp³-hybridized carbons (Fsp3) is 1.00. The summed E-state index contributed by atoms with van der Waals surface area (Å²) in [6.45, 7) is 12.3. The monoisotopic (exact) mass is 344 g/mol. The zero-order valence-electron chi connectivity index (χ0n) is 15.9. The normalized spacial score (nSPS) is 40.8. The first-order chi connectivity index (χ1) is 12.2. The van der Waals surface area contributed by atoms with Gasteiger partial charge < -0.3 is 10.2 Å². The van der Waals surface area contributed by atoms with Gasteiger partial charge in [-0.1, -0.05) is 0 Å². The molecule has 4 nitrogen and oxygen atoms in total. The number of piperidine rings is 2. The number of hydrogen-bond acceptors (Lipinski definition) is 4. The Morgan fingerprint density at radius 2 is 1.48 bits per heavy atom. The van der Waals surface area contributed by atoms with Gasteiger partial charge in [-0.05, 0) is 73.5 Å². The van der Waals surface area contributed by atoms with Crippen molar-refractivity contribution < 1.29 is 0 Å². The second-order valence-corrected chi connectivity index (χ2v) is 10.8. The van der Waals surface area contributed by atoms with Crippen LogP contribution in [0.25, 0.3) is 0 Å². The summed E-state index contributed by atoms with van der Waals surface area (Å²) in [5.41, 5.74) is 1.43. The number of rotatable bonds is 3. The number of hydrogen-bond donors (Lipinski definition) is 1. The molecule has 4 aliphatic heterocycles. The molecule has 4 heteroatoms. The van der Waals surface area contributed by atoms with Crippen LogP contribution < -0.4 is 5.32 Å². The van der Waals surface area contributed by atoms with Crippen molar-refractivity contribution in [1.82, 2.24) is 20.2 Å². The molecular formula is C21H36N4. The van der Waals surface area contributed by atoms with Crippen LogP contribution in [0.2, 0.25) is 0 Å². The maximum atomic E-state index is 3.50. The van der Waals surface area contributed by atoms with Crippen LogP contribution in [0.1, 0.15) is 44.9 Å². The van der Waals surface area contributed by atoms with Crippen molar-refractivity contribution in [3.05, 3.63) is 0 Å². The lowest BCUT2D eigenvalue weighted by molar-refractivity contribution is -0.109. The minimum Gasteiger partial charge on any atom is -0.316 e. The molecule has 140 valence electrons. The molecule has 0 bridgehead atoms. The number of fused-ring (bicyclic) bond motifs is 1. The maximum Gasteiger partial charge on any atom is 0.0165 e. The van der Waals surface area contributed by atoms with Gasteiger partial charge in [0, 0.05) is 58.9 Å². The molecule has 0 aromatic heterocycles. The Balaban J connectivity index is 0.943. The summed E-state index contributed by atoms with van der Waals surface area (Å²) in [5.74, 6) is 3.14. The minimum atomic E-state index is 0.701. The molecule has 4 heterocycles. The number of likely N-dealkylation sites (tertiary alicyclic amines) is 1. The smallest absolute Gasteiger partial charge is 0.0165 e. The summed E-state index contributed by atoms with van der Waals surface area (Å²) >= 11 is 0. The van der Waals surface area contributed by atoms with Crippen molar-refractivity contribution in [1.29, 1.82) is 0 Å². The van der Waals surface area contributed by atoms with Gasteiger partial charge in [-0.3, -0.25) is 0 Å². The molecule has 0 amide bonds. The SMILES string of the molecule is C1CC2(CCC1CN1CC3(CCN(N4CC5CC5C4)CC3)C1)CNC2. The summed E-state index contributed by atoms with van der Waals surface area (Å²) in [6, 6.07) is 0. The van der Waals surface area contributed by atoms with Crippen LogP contribution in [0, 0.1) is 28.6 Å². The van der Waals surface area contributed by atoms with E-state index in [1.54, 1.807) is 0 Å². The lowest BCUT2D eigenvalue weighted by Gasteiger charge is -2.56. The highest BCUT2D eigenvalue weighted by Gasteiger charge is 2.50. The highest BCUT2D eigenvalue weighted by Crippen LogP contribution is 2.48. The molecule has 6 aliphatic rings. The Kier molecular flexibility index (Phi) is 3.59. The average molecular weight is 345 g/mol. The Bertz CT molecular complexity index is 494. The third-order valence-electron chi connectivity index (χ3n) is 8.96. The molecule has 2 saturated carbocycles. The van der Waals surface area contributed by atoms with Crippen molar-refractivity contribution in [2.75, 3.05) is 58.9 Å². The molecule has 25 heavy (non-hydrogen) atoms. The van der Waals surface area contributed by atoms with Crippen LogP contribution in [0.15, 0.2) is 0 Å². The van der Waals surface area contributed by atoms with Gasteiger partial charge in [0.15, 0.2) is 0 Å². The molecule has 2 spiro atoms. The predicted octanol–water partition coefficient (Wildman–Crippen LogP) is 2.03. The largest absolute Gasteiger partial charge is 0.316 e. The molecule has 0 radical (unpaired) electrons. The lowest BCUT2D eigenvalue weighted by atomic mass is 9.66. The third-order valence-corrected chi connectivity index (χ3v) is 8.96. The van der Waals surface area contributed by atoms with Gasteiger partial charge in [-0.2, -0.15) is 0 Å². The van der Waals surface area contributed by atoms with Gasteiger partial charge in [0.2, 0.25) is 0 Å². The first kappa shape index (κ1) is 15.9. The van der Waals surface area contributed by atoms with Crippen molar-refractivity contribution in [3.63, 3.8) is 0 Å². The van der Waals surface area contributed by atoms with E-state index >= 15 is 0 Å². The van der Waals surface area contributed by atoms with E-state index < -0.39 is 0 Å². The third kappa shape index (κ3) is 2.79. The van der Waals surface area contributed by atoms with E-state index in [0.29, 0.717) is 5.41 Å². The van der Waals surface area contributed by atoms with Crippen LogP contribution in [-0.2, 0) is 0 Å². The van der Waals surface area contributed by atoms with E-state index in [1.165, 1.54) is 104 Å². The number of nitrogens with zero attached hydrogens (tertiary/aromatic N) is 3. The van der Waals surface area contributed by atoms with E-state index in [2.05, 4.69) is 20.2 Å². The lowest BCUT2D eigenvalue weighted by Crippen LogP contribution is -2.62. The van der Waals surface area contributed by atoms with Crippen molar-refractivity contribution in [3.8, 4) is 0 Å². The minimum absolute atomic E-state index is 0.701. The molecule has 0 aromatic carbocycles. The second kappa shape index (κ2) is 5.67. The van der Waals surface area contributed by atoms with Gasteiger partial charge in [-0.25, -0.2) is 10.0 Å². The molecule has 6 rings (SSSR count). The van der Waals surface area contributed by atoms with Crippen molar-refractivity contribution >= 4 is 0 Å². The van der Waals surface area contributed by atoms with Crippen molar-refractivity contribution in [2.45, 2.75) is 44.9 Å². The molecule has 1 N–H and O–H groups in total. The average Bonchev–Trinajstić information content (AvgIpc) is 3.19. The Morgan fingerprint density at radius 3 is 2.08 bits per heavy atom. The molecule has 4 saturated heterocycles. The van der Waals surface area contributed by atoms with Crippen LogP contribution >= 0.6 is 0 Å². The van der Waals surface area contributed by atoms with Gasteiger partial charge in [0.1, 0.15) is 0 Å². The Labute approximate surface area is 153 Å². The van der Waals surface area contributed by atoms with Gasteiger partial charge in [0.25, 0.3) is 0 Å². The van der Waals surface area contributed by atoms with E-state index in [-0.39, 0.29) is 0 Å². The van der Waals surface area contributed by atoms with Crippen molar-refractivity contribution in [2.24, 2.45) is 28.6 Å². The van der Waals surface area contributed by atoms with Crippen LogP contribution in [-0.4, -0.2) is 73.8 Å². The molecule has 6 fully saturated rings. The second-order valence-electron chi connectivity index (χ2n) is 10.8. The first-order valence-corrected chi connectivity index (χ1v) is 11.1. The predicted molar refractivity (Wildman–Crippen MR) is 100 cm³/mol. The Morgan fingerprint density at radius 1 is 0.800 bits per heavy atom. The molecule has 2 atom stereocenters. The number of hydrazine groups is 1. The van der Waals surface area contributed by atoms with E-state index in [4.69, 9.17) is 0 Å². The highest BCUT2D eigenvalue weighted by molar-refractivity contribution is 5.02. The summed E-state index contributed by atoms with van der Waals surface area (Å²) in [5, 5.41) is 8.92. The quantitative estimate of drug-likeness (QED) is 0.846. The fourth-order valence-corrected chi connectivity index (χ4v) is 6.87. The van der Waals surface area contributed by atoms with Gasteiger partial charge in [0.05, 0.1) is 0 Å². The zero-order chi connectivity index (χ0) is 16.5. The summed E-state index contributed by atoms with van der Waals surface area (Å²) in [7, 11) is 0. The summed E-state index contributed by atoms with van der Waals surface area (Å²) < 4.78 is 0. The standard InChI is InChI=1S/C21H36N4/c1-3-20(13-22-14-20)4-2-17(1)10-23-15-21(16-23)5-7-24(8-6-21)25-11-18-9-19(18)12-25/h17-19,22H,1-16H2. The molecular weight excluding hydrogens is 308 g/mol. The number of nitrogens with one attached hydrogen (secondary N) is 1. The van der Waals surface area contributed by atoms with Crippen LogP contribution in [0.3, 0.4) is 0 Å². The van der Waals surface area contributed by atoms with E-state index in [0.717, 1.165) is 23.2 Å². The zero-order valence-corrected chi connectivity index (χ0v) is 15.9. The summed E-state index contributed by atoms with van der Waals surface area (Å²) in [4.78, 5) is 2.81. The summed E-state index contributed by atoms with van der Waals surface area (Å²) in [6.07, 6.45) is 10.4. The molecule has 0 aromatic rings. The van der Waals surface area contributed by atoms with Crippen LogP contribution in [0.4, 0.5) is 0 Å². The fourth-order valence-electron chi connectivity index (χ4n) is 6.87. The highest BCUT2D eigenvalue weighted by atomic mass is 15.6. The van der Waals surface area contributed by atoms with Gasteiger partial charge in [-0.15, -0.1) is 0 Å².